The zero-order chi connectivity index (χ0) is 24.6. The molecule has 0 aliphatic carbocycles. The maximum atomic E-state index is 14.0. The molecular formula is C24H25FN4O4S. The molecule has 0 unspecified atom stereocenters. The van der Waals surface area contributed by atoms with Gasteiger partial charge in [-0.25, -0.2) is 12.8 Å². The molecule has 0 radical (unpaired) electrons. The van der Waals surface area contributed by atoms with Gasteiger partial charge < -0.3 is 5.32 Å². The van der Waals surface area contributed by atoms with Crippen LogP contribution in [-0.4, -0.2) is 30.0 Å². The molecule has 4 rings (SSSR count). The van der Waals surface area contributed by atoms with Crippen LogP contribution in [0.3, 0.4) is 0 Å². The molecular weight excluding hydrogens is 459 g/mol. The van der Waals surface area contributed by atoms with Crippen LogP contribution < -0.4 is 10.0 Å². The third-order valence-electron chi connectivity index (χ3n) is 5.78. The van der Waals surface area contributed by atoms with Gasteiger partial charge in [-0.15, -0.1) is 0 Å². The van der Waals surface area contributed by atoms with Gasteiger partial charge in [0.1, 0.15) is 11.6 Å². The van der Waals surface area contributed by atoms with E-state index in [9.17, 15) is 22.4 Å². The summed E-state index contributed by atoms with van der Waals surface area (Å²) >= 11 is 0. The molecule has 178 valence electrons. The number of anilines is 2. The number of benzene rings is 2. The number of hydrogen-bond acceptors (Lipinski definition) is 5. The topological polar surface area (TPSA) is 110 Å². The first kappa shape index (κ1) is 23.6. The van der Waals surface area contributed by atoms with Crippen LogP contribution in [0, 0.1) is 19.7 Å². The van der Waals surface area contributed by atoms with E-state index in [1.165, 1.54) is 35.9 Å². The Morgan fingerprint density at radius 2 is 1.91 bits per heavy atom. The number of sulfonamides is 1. The van der Waals surface area contributed by atoms with Gasteiger partial charge in [-0.1, -0.05) is 31.5 Å². The van der Waals surface area contributed by atoms with Crippen molar-refractivity contribution in [2.24, 2.45) is 0 Å². The molecule has 0 bridgehead atoms. The number of halogens is 1. The summed E-state index contributed by atoms with van der Waals surface area (Å²) in [6.45, 7) is 5.12. The lowest BCUT2D eigenvalue weighted by Crippen LogP contribution is -2.15. The summed E-state index contributed by atoms with van der Waals surface area (Å²) in [5, 5.41) is 7.20. The number of nitrogens with one attached hydrogen (secondary N) is 2. The van der Waals surface area contributed by atoms with Crippen LogP contribution in [0.1, 0.15) is 47.8 Å². The molecule has 1 aliphatic heterocycles. The first-order valence-corrected chi connectivity index (χ1v) is 12.4. The molecule has 0 saturated heterocycles. The smallest absolute Gasteiger partial charge is 0.262 e. The van der Waals surface area contributed by atoms with E-state index in [0.717, 1.165) is 6.42 Å². The summed E-state index contributed by atoms with van der Waals surface area (Å²) in [7, 11) is -4.07. The number of carbonyl (C=O) groups is 2. The van der Waals surface area contributed by atoms with E-state index >= 15 is 0 Å². The van der Waals surface area contributed by atoms with Crippen molar-refractivity contribution in [2.75, 3.05) is 10.0 Å². The van der Waals surface area contributed by atoms with Crippen LogP contribution in [0.4, 0.5) is 15.9 Å². The van der Waals surface area contributed by atoms with Crippen molar-refractivity contribution in [2.45, 2.75) is 51.3 Å². The minimum absolute atomic E-state index is 0.00216. The molecule has 0 spiro atoms. The normalized spacial score (nSPS) is 13.9. The zero-order valence-electron chi connectivity index (χ0n) is 19.1. The number of aromatic nitrogens is 2. The fourth-order valence-electron chi connectivity index (χ4n) is 3.96. The van der Waals surface area contributed by atoms with Crippen LogP contribution in [0.25, 0.3) is 11.1 Å². The molecule has 8 nitrogen and oxygen atoms in total. The van der Waals surface area contributed by atoms with E-state index in [1.54, 1.807) is 19.1 Å². The fraction of sp³-hybridized carbons (Fsp3) is 0.292. The maximum Gasteiger partial charge on any atom is 0.262 e. The molecule has 0 fully saturated rings. The van der Waals surface area contributed by atoms with Gasteiger partial charge in [0.2, 0.25) is 11.8 Å². The van der Waals surface area contributed by atoms with E-state index in [2.05, 4.69) is 15.1 Å². The highest BCUT2D eigenvalue weighted by atomic mass is 32.2. The molecule has 0 saturated carbocycles. The largest absolute Gasteiger partial charge is 0.310 e. The van der Waals surface area contributed by atoms with Gasteiger partial charge in [-0.3, -0.25) is 14.3 Å². The van der Waals surface area contributed by atoms with Crippen molar-refractivity contribution in [3.63, 3.8) is 0 Å². The summed E-state index contributed by atoms with van der Waals surface area (Å²) in [4.78, 5) is 24.8. The summed E-state index contributed by atoms with van der Waals surface area (Å²) in [6.07, 6.45) is 1.36. The highest BCUT2D eigenvalue weighted by Gasteiger charge is 2.28. The van der Waals surface area contributed by atoms with Gasteiger partial charge in [0.15, 0.2) is 0 Å². The highest BCUT2D eigenvalue weighted by molar-refractivity contribution is 7.92. The highest BCUT2D eigenvalue weighted by Crippen LogP contribution is 2.36. The lowest BCUT2D eigenvalue weighted by molar-refractivity contribution is -0.116. The zero-order valence-corrected chi connectivity index (χ0v) is 19.9. The third-order valence-corrected chi connectivity index (χ3v) is 7.29. The van der Waals surface area contributed by atoms with E-state index < -0.39 is 15.8 Å². The van der Waals surface area contributed by atoms with Gasteiger partial charge in [-0.2, -0.15) is 9.78 Å². The number of aryl methyl sites for hydroxylation is 2. The van der Waals surface area contributed by atoms with Crippen molar-refractivity contribution in [3.05, 3.63) is 59.0 Å². The number of fused-ring (bicyclic) bond motifs is 1. The van der Waals surface area contributed by atoms with Gasteiger partial charge >= 0.3 is 0 Å². The van der Waals surface area contributed by atoms with Crippen LogP contribution in [0.5, 0.6) is 0 Å². The number of rotatable bonds is 6. The summed E-state index contributed by atoms with van der Waals surface area (Å²) in [5.74, 6) is -0.880. The summed E-state index contributed by atoms with van der Waals surface area (Å²) in [6, 6.07) is 9.07. The van der Waals surface area contributed by atoms with E-state index in [-0.39, 0.29) is 46.6 Å². The first-order chi connectivity index (χ1) is 16.1. The number of amides is 1. The molecule has 2 aromatic carbocycles. The van der Waals surface area contributed by atoms with E-state index in [4.69, 9.17) is 0 Å². The molecule has 2 N–H and O–H groups in total. The predicted octanol–water partition coefficient (Wildman–Crippen LogP) is 4.43. The van der Waals surface area contributed by atoms with Crippen LogP contribution in [-0.2, 0) is 21.2 Å². The molecule has 34 heavy (non-hydrogen) atoms. The molecule has 10 heteroatoms. The lowest BCUT2D eigenvalue weighted by atomic mass is 10.0. The predicted molar refractivity (Wildman–Crippen MR) is 127 cm³/mol. The second-order valence-corrected chi connectivity index (χ2v) is 9.92. The van der Waals surface area contributed by atoms with Gasteiger partial charge in [0, 0.05) is 24.0 Å². The lowest BCUT2D eigenvalue weighted by Gasteiger charge is -2.15. The average Bonchev–Trinajstić information content (AvgIpc) is 3.06. The van der Waals surface area contributed by atoms with E-state index in [1.807, 2.05) is 6.92 Å². The van der Waals surface area contributed by atoms with Crippen molar-refractivity contribution >= 4 is 33.3 Å². The average molecular weight is 485 g/mol. The Balaban J connectivity index is 1.85. The van der Waals surface area contributed by atoms with Crippen molar-refractivity contribution in [3.8, 4) is 11.1 Å². The Morgan fingerprint density at radius 1 is 1.15 bits per heavy atom. The van der Waals surface area contributed by atoms with Crippen molar-refractivity contribution < 1.29 is 22.4 Å². The van der Waals surface area contributed by atoms with Crippen molar-refractivity contribution in [1.82, 2.24) is 9.78 Å². The van der Waals surface area contributed by atoms with E-state index in [0.29, 0.717) is 28.8 Å². The molecule has 0 atom stereocenters. The van der Waals surface area contributed by atoms with Crippen molar-refractivity contribution in [1.29, 1.82) is 0 Å². The number of carbonyl (C=O) groups excluding carboxylic acids is 2. The Labute approximate surface area is 197 Å². The second kappa shape index (κ2) is 9.02. The van der Waals surface area contributed by atoms with Gasteiger partial charge in [-0.05, 0) is 49.6 Å². The number of nitrogens with zero attached hydrogens (tertiary/aromatic N) is 2. The molecule has 3 aromatic rings. The standard InChI is InChI=1S/C24H25FN4O4S/c1-4-6-19-23(24-26-21(30)11-12-22(31)29(24)27-19)16-10-9-14(2)20(13-16)34(32,33)28-18-8-5-7-17(25)15(18)3/h5,7-10,13,28H,4,6,11-12H2,1-3H3,(H,26,30). The second-order valence-electron chi connectivity index (χ2n) is 8.27. The summed E-state index contributed by atoms with van der Waals surface area (Å²) in [5.41, 5.74) is 2.43. The number of hydrogen-bond donors (Lipinski definition) is 2. The Bertz CT molecular complexity index is 1410. The van der Waals surface area contributed by atoms with Gasteiger partial charge in [0.25, 0.3) is 10.0 Å². The van der Waals surface area contributed by atoms with Crippen LogP contribution in [0.2, 0.25) is 0 Å². The fourth-order valence-corrected chi connectivity index (χ4v) is 5.35. The summed E-state index contributed by atoms with van der Waals surface area (Å²) < 4.78 is 44.2. The quantitative estimate of drug-likeness (QED) is 0.538. The molecule has 1 aromatic heterocycles. The SMILES string of the molecule is CCCc1nn2c(c1-c1ccc(C)c(S(=O)(=O)Nc3cccc(F)c3C)c1)NC(=O)CCC2=O. The Kier molecular flexibility index (Phi) is 6.26. The minimum Gasteiger partial charge on any atom is -0.310 e. The molecule has 2 heterocycles. The maximum absolute atomic E-state index is 14.0. The van der Waals surface area contributed by atoms with Crippen LogP contribution in [0.15, 0.2) is 41.3 Å². The monoisotopic (exact) mass is 484 g/mol. The molecule has 1 amide bonds. The Hall–Kier alpha value is -3.53. The first-order valence-electron chi connectivity index (χ1n) is 11.0. The van der Waals surface area contributed by atoms with Crippen LogP contribution >= 0.6 is 0 Å². The van der Waals surface area contributed by atoms with Gasteiger partial charge in [0.05, 0.1) is 16.3 Å². The molecule has 1 aliphatic rings. The minimum atomic E-state index is -4.07. The Morgan fingerprint density at radius 3 is 2.65 bits per heavy atom. The third kappa shape index (κ3) is 4.33.